The molecular weight excluding hydrogens is 168 g/mol. The standard InChI is InChI=1S/C8H10N4O/c9-3-1-2-8(13)12-7-4-10-6-11-5-7/h1-2,4-6H,3,9H2,(H,12,13)/b2-1+. The highest BCUT2D eigenvalue weighted by atomic mass is 16.1. The van der Waals surface area contributed by atoms with Crippen LogP contribution in [0.15, 0.2) is 30.9 Å². The van der Waals surface area contributed by atoms with Crippen molar-refractivity contribution in [3.05, 3.63) is 30.9 Å². The van der Waals surface area contributed by atoms with Crippen LogP contribution < -0.4 is 11.1 Å². The average molecular weight is 178 g/mol. The van der Waals surface area contributed by atoms with Crippen LogP contribution in [0.3, 0.4) is 0 Å². The summed E-state index contributed by atoms with van der Waals surface area (Å²) in [5.74, 6) is -0.236. The number of rotatable bonds is 3. The summed E-state index contributed by atoms with van der Waals surface area (Å²) in [6.45, 7) is 0.346. The van der Waals surface area contributed by atoms with Gasteiger partial charge in [0, 0.05) is 12.6 Å². The van der Waals surface area contributed by atoms with Crippen molar-refractivity contribution >= 4 is 11.6 Å². The van der Waals surface area contributed by atoms with Crippen molar-refractivity contribution in [2.45, 2.75) is 0 Å². The maximum Gasteiger partial charge on any atom is 0.248 e. The van der Waals surface area contributed by atoms with Gasteiger partial charge in [0.25, 0.3) is 0 Å². The Morgan fingerprint density at radius 3 is 2.85 bits per heavy atom. The van der Waals surface area contributed by atoms with E-state index in [2.05, 4.69) is 15.3 Å². The molecule has 0 aliphatic carbocycles. The van der Waals surface area contributed by atoms with E-state index in [9.17, 15) is 4.79 Å². The van der Waals surface area contributed by atoms with Crippen molar-refractivity contribution in [1.29, 1.82) is 0 Å². The average Bonchev–Trinajstić information content (AvgIpc) is 2.16. The molecule has 1 heterocycles. The van der Waals surface area contributed by atoms with E-state index in [4.69, 9.17) is 5.73 Å². The Balaban J connectivity index is 2.50. The predicted octanol–water partition coefficient (Wildman–Crippen LogP) is -0.0700. The molecule has 0 aliphatic rings. The fourth-order valence-electron chi connectivity index (χ4n) is 0.723. The molecule has 0 atom stereocenters. The molecule has 0 fully saturated rings. The fourth-order valence-corrected chi connectivity index (χ4v) is 0.723. The van der Waals surface area contributed by atoms with Crippen LogP contribution in [-0.4, -0.2) is 22.4 Å². The van der Waals surface area contributed by atoms with Gasteiger partial charge in [-0.15, -0.1) is 0 Å². The Morgan fingerprint density at radius 2 is 2.23 bits per heavy atom. The summed E-state index contributed by atoms with van der Waals surface area (Å²) in [5.41, 5.74) is 5.74. The Bertz CT molecular complexity index is 296. The summed E-state index contributed by atoms with van der Waals surface area (Å²) in [6.07, 6.45) is 7.36. The van der Waals surface area contributed by atoms with Gasteiger partial charge in [-0.2, -0.15) is 0 Å². The van der Waals surface area contributed by atoms with E-state index < -0.39 is 0 Å². The molecule has 68 valence electrons. The Hall–Kier alpha value is -1.75. The van der Waals surface area contributed by atoms with Crippen LogP contribution >= 0.6 is 0 Å². The molecule has 1 rings (SSSR count). The third kappa shape index (κ3) is 3.44. The van der Waals surface area contributed by atoms with Crippen LogP contribution in [0.25, 0.3) is 0 Å². The number of hydrogen-bond acceptors (Lipinski definition) is 4. The molecule has 0 radical (unpaired) electrons. The molecule has 0 saturated heterocycles. The summed E-state index contributed by atoms with van der Waals surface area (Å²) in [5, 5.41) is 2.57. The lowest BCUT2D eigenvalue weighted by molar-refractivity contribution is -0.111. The molecule has 5 heteroatoms. The molecule has 13 heavy (non-hydrogen) atoms. The molecule has 0 saturated carbocycles. The molecule has 1 amide bonds. The minimum absolute atomic E-state index is 0.236. The number of hydrogen-bond donors (Lipinski definition) is 2. The second kappa shape index (κ2) is 5.00. The number of nitrogens with two attached hydrogens (primary N) is 1. The van der Waals surface area contributed by atoms with E-state index in [1.807, 2.05) is 0 Å². The minimum Gasteiger partial charge on any atom is -0.327 e. The maximum atomic E-state index is 11.1. The Labute approximate surface area is 75.7 Å². The zero-order valence-electron chi connectivity index (χ0n) is 6.97. The third-order valence-corrected chi connectivity index (χ3v) is 1.23. The topological polar surface area (TPSA) is 80.9 Å². The second-order valence-electron chi connectivity index (χ2n) is 2.25. The van der Waals surface area contributed by atoms with E-state index in [0.717, 1.165) is 0 Å². The number of nitrogens with one attached hydrogen (secondary N) is 1. The van der Waals surface area contributed by atoms with Gasteiger partial charge in [0.15, 0.2) is 0 Å². The highest BCUT2D eigenvalue weighted by molar-refractivity contribution is 5.98. The van der Waals surface area contributed by atoms with Gasteiger partial charge in [0.2, 0.25) is 5.91 Å². The first kappa shape index (κ1) is 9.34. The van der Waals surface area contributed by atoms with Crippen molar-refractivity contribution in [2.24, 2.45) is 5.73 Å². The molecular formula is C8H10N4O. The molecule has 0 aromatic carbocycles. The lowest BCUT2D eigenvalue weighted by atomic mass is 10.4. The molecule has 3 N–H and O–H groups in total. The molecule has 1 aromatic rings. The van der Waals surface area contributed by atoms with Gasteiger partial charge >= 0.3 is 0 Å². The quantitative estimate of drug-likeness (QED) is 0.635. The number of nitrogens with zero attached hydrogens (tertiary/aromatic N) is 2. The van der Waals surface area contributed by atoms with E-state index in [0.29, 0.717) is 12.2 Å². The fraction of sp³-hybridized carbons (Fsp3) is 0.125. The van der Waals surface area contributed by atoms with Gasteiger partial charge in [-0.25, -0.2) is 9.97 Å². The lowest BCUT2D eigenvalue weighted by Gasteiger charge is -1.98. The second-order valence-corrected chi connectivity index (χ2v) is 2.25. The number of carbonyl (C=O) groups excluding carboxylic acids is 1. The van der Waals surface area contributed by atoms with Crippen LogP contribution in [0.2, 0.25) is 0 Å². The number of aromatic nitrogens is 2. The zero-order chi connectivity index (χ0) is 9.52. The van der Waals surface area contributed by atoms with Crippen LogP contribution in [-0.2, 0) is 4.79 Å². The summed E-state index contributed by atoms with van der Waals surface area (Å²) in [7, 11) is 0. The third-order valence-electron chi connectivity index (χ3n) is 1.23. The Kier molecular flexibility index (Phi) is 3.59. The van der Waals surface area contributed by atoms with Crippen LogP contribution in [0.1, 0.15) is 0 Å². The number of amides is 1. The maximum absolute atomic E-state index is 11.1. The van der Waals surface area contributed by atoms with Gasteiger partial charge in [0.05, 0.1) is 18.1 Å². The number of carbonyl (C=O) groups is 1. The van der Waals surface area contributed by atoms with E-state index in [1.165, 1.54) is 24.8 Å². The summed E-state index contributed by atoms with van der Waals surface area (Å²) < 4.78 is 0. The van der Waals surface area contributed by atoms with E-state index >= 15 is 0 Å². The van der Waals surface area contributed by atoms with Gasteiger partial charge < -0.3 is 11.1 Å². The monoisotopic (exact) mass is 178 g/mol. The van der Waals surface area contributed by atoms with E-state index in [-0.39, 0.29) is 5.91 Å². The summed E-state index contributed by atoms with van der Waals surface area (Å²) in [4.78, 5) is 18.5. The van der Waals surface area contributed by atoms with E-state index in [1.54, 1.807) is 6.08 Å². The Morgan fingerprint density at radius 1 is 1.54 bits per heavy atom. The first-order valence-corrected chi connectivity index (χ1v) is 3.75. The normalized spacial score (nSPS) is 10.2. The number of anilines is 1. The SMILES string of the molecule is NC/C=C/C(=O)Nc1cncnc1. The van der Waals surface area contributed by atoms with Crippen molar-refractivity contribution in [2.75, 3.05) is 11.9 Å². The lowest BCUT2D eigenvalue weighted by Crippen LogP contribution is -2.09. The minimum atomic E-state index is -0.236. The summed E-state index contributed by atoms with van der Waals surface area (Å²) >= 11 is 0. The van der Waals surface area contributed by atoms with Crippen molar-refractivity contribution in [1.82, 2.24) is 9.97 Å². The highest BCUT2D eigenvalue weighted by Crippen LogP contribution is 1.99. The van der Waals surface area contributed by atoms with Gasteiger partial charge in [-0.05, 0) is 0 Å². The van der Waals surface area contributed by atoms with Gasteiger partial charge in [0.1, 0.15) is 6.33 Å². The zero-order valence-corrected chi connectivity index (χ0v) is 6.97. The van der Waals surface area contributed by atoms with Gasteiger partial charge in [-0.3, -0.25) is 4.79 Å². The molecule has 0 spiro atoms. The molecule has 0 aliphatic heterocycles. The first-order valence-electron chi connectivity index (χ1n) is 3.75. The van der Waals surface area contributed by atoms with Crippen molar-refractivity contribution < 1.29 is 4.79 Å². The summed E-state index contributed by atoms with van der Waals surface area (Å²) in [6, 6.07) is 0. The van der Waals surface area contributed by atoms with Crippen LogP contribution in [0, 0.1) is 0 Å². The van der Waals surface area contributed by atoms with Crippen molar-refractivity contribution in [3.8, 4) is 0 Å². The molecule has 0 bridgehead atoms. The van der Waals surface area contributed by atoms with Crippen LogP contribution in [0.4, 0.5) is 5.69 Å². The smallest absolute Gasteiger partial charge is 0.248 e. The highest BCUT2D eigenvalue weighted by Gasteiger charge is 1.95. The predicted molar refractivity (Wildman–Crippen MR) is 48.9 cm³/mol. The first-order chi connectivity index (χ1) is 6.33. The molecule has 5 nitrogen and oxygen atoms in total. The van der Waals surface area contributed by atoms with Crippen LogP contribution in [0.5, 0.6) is 0 Å². The largest absolute Gasteiger partial charge is 0.327 e. The van der Waals surface area contributed by atoms with Crippen molar-refractivity contribution in [3.63, 3.8) is 0 Å². The molecule has 0 unspecified atom stereocenters. The van der Waals surface area contributed by atoms with Gasteiger partial charge in [-0.1, -0.05) is 6.08 Å². The molecule has 1 aromatic heterocycles.